The van der Waals surface area contributed by atoms with E-state index in [0.29, 0.717) is 17.9 Å². The van der Waals surface area contributed by atoms with Crippen LogP contribution in [0.5, 0.6) is 0 Å². The fraction of sp³-hybridized carbons (Fsp3) is 0.333. The highest BCUT2D eigenvalue weighted by molar-refractivity contribution is 7.09. The first-order valence-corrected chi connectivity index (χ1v) is 6.59. The van der Waals surface area contributed by atoms with Crippen molar-refractivity contribution in [3.8, 4) is 0 Å². The fourth-order valence-electron chi connectivity index (χ4n) is 1.68. The van der Waals surface area contributed by atoms with Gasteiger partial charge in [-0.2, -0.15) is 5.10 Å². The summed E-state index contributed by atoms with van der Waals surface area (Å²) in [5.41, 5.74) is 6.12. The number of nitrogen functional groups attached to an aromatic ring is 1. The summed E-state index contributed by atoms with van der Waals surface area (Å²) in [5.74, 6) is 0.224. The Hall–Kier alpha value is -1.82. The van der Waals surface area contributed by atoms with Crippen LogP contribution in [-0.4, -0.2) is 27.0 Å². The zero-order valence-electron chi connectivity index (χ0n) is 10.4. The van der Waals surface area contributed by atoms with Crippen molar-refractivity contribution >= 4 is 23.1 Å². The van der Waals surface area contributed by atoms with Crippen molar-refractivity contribution in [2.24, 2.45) is 0 Å². The Morgan fingerprint density at radius 2 is 2.39 bits per heavy atom. The van der Waals surface area contributed by atoms with Crippen LogP contribution in [0.4, 0.5) is 5.82 Å². The maximum absolute atomic E-state index is 12.4. The van der Waals surface area contributed by atoms with E-state index in [1.807, 2.05) is 31.4 Å². The second-order valence-corrected chi connectivity index (χ2v) is 5.34. The van der Waals surface area contributed by atoms with E-state index in [9.17, 15) is 4.79 Å². The maximum atomic E-state index is 12.4. The van der Waals surface area contributed by atoms with Gasteiger partial charge in [-0.05, 0) is 25.3 Å². The van der Waals surface area contributed by atoms with E-state index in [1.54, 1.807) is 16.2 Å². The van der Waals surface area contributed by atoms with Crippen LogP contribution >= 0.6 is 11.3 Å². The molecule has 6 heteroatoms. The van der Waals surface area contributed by atoms with E-state index in [4.69, 9.17) is 5.73 Å². The molecule has 0 atom stereocenters. The highest BCUT2D eigenvalue weighted by Crippen LogP contribution is 2.18. The van der Waals surface area contributed by atoms with Crippen LogP contribution < -0.4 is 5.73 Å². The molecule has 0 aliphatic rings. The summed E-state index contributed by atoms with van der Waals surface area (Å²) in [7, 11) is 0. The number of carbonyl (C=O) groups excluding carboxylic acids is 1. The average molecular weight is 264 g/mol. The number of rotatable bonds is 4. The maximum Gasteiger partial charge on any atom is 0.259 e. The predicted octanol–water partition coefficient (Wildman–Crippen LogP) is 2.10. The molecule has 0 spiro atoms. The van der Waals surface area contributed by atoms with Gasteiger partial charge in [0.25, 0.3) is 5.91 Å². The molecule has 2 aromatic heterocycles. The van der Waals surface area contributed by atoms with Crippen LogP contribution in [0.2, 0.25) is 0 Å². The van der Waals surface area contributed by atoms with Crippen LogP contribution in [0.3, 0.4) is 0 Å². The number of aromatic amines is 1. The van der Waals surface area contributed by atoms with Crippen molar-refractivity contribution in [1.82, 2.24) is 15.1 Å². The van der Waals surface area contributed by atoms with E-state index in [-0.39, 0.29) is 11.9 Å². The Balaban J connectivity index is 2.20. The Bertz CT molecular complexity index is 518. The van der Waals surface area contributed by atoms with Crippen molar-refractivity contribution in [2.75, 3.05) is 5.73 Å². The number of anilines is 1. The summed E-state index contributed by atoms with van der Waals surface area (Å²) in [5, 5.41) is 8.38. The Morgan fingerprint density at radius 3 is 2.89 bits per heavy atom. The number of hydrogen-bond acceptors (Lipinski definition) is 4. The molecule has 0 unspecified atom stereocenters. The summed E-state index contributed by atoms with van der Waals surface area (Å²) < 4.78 is 0. The molecule has 0 fully saturated rings. The van der Waals surface area contributed by atoms with Gasteiger partial charge in [0.05, 0.1) is 12.7 Å². The SMILES string of the molecule is CC(C)N(Cc1cccs1)C(=O)c1cn[nH]c1N. The number of nitrogens with two attached hydrogens (primary N) is 1. The van der Waals surface area contributed by atoms with E-state index in [0.717, 1.165) is 4.88 Å². The topological polar surface area (TPSA) is 75.0 Å². The van der Waals surface area contributed by atoms with Gasteiger partial charge in [-0.3, -0.25) is 9.89 Å². The first kappa shape index (κ1) is 12.6. The quantitative estimate of drug-likeness (QED) is 0.888. The number of amides is 1. The minimum atomic E-state index is -0.0929. The highest BCUT2D eigenvalue weighted by atomic mass is 32.1. The second kappa shape index (κ2) is 5.22. The lowest BCUT2D eigenvalue weighted by molar-refractivity contribution is 0.0693. The number of nitrogens with one attached hydrogen (secondary N) is 1. The minimum absolute atomic E-state index is 0.0929. The van der Waals surface area contributed by atoms with Gasteiger partial charge in [-0.1, -0.05) is 6.07 Å². The zero-order valence-corrected chi connectivity index (χ0v) is 11.2. The van der Waals surface area contributed by atoms with Crippen molar-refractivity contribution in [2.45, 2.75) is 26.4 Å². The van der Waals surface area contributed by atoms with Gasteiger partial charge in [0.1, 0.15) is 11.4 Å². The van der Waals surface area contributed by atoms with E-state index < -0.39 is 0 Å². The van der Waals surface area contributed by atoms with Gasteiger partial charge in [0.15, 0.2) is 0 Å². The summed E-state index contributed by atoms with van der Waals surface area (Å²) in [4.78, 5) is 15.3. The lowest BCUT2D eigenvalue weighted by atomic mass is 10.2. The molecule has 0 aliphatic carbocycles. The molecule has 2 heterocycles. The third-order valence-corrected chi connectivity index (χ3v) is 3.55. The van der Waals surface area contributed by atoms with Gasteiger partial charge in [0, 0.05) is 10.9 Å². The fourth-order valence-corrected chi connectivity index (χ4v) is 2.38. The third kappa shape index (κ3) is 2.53. The van der Waals surface area contributed by atoms with Crippen LogP contribution in [0.25, 0.3) is 0 Å². The Kier molecular flexibility index (Phi) is 3.66. The minimum Gasteiger partial charge on any atom is -0.383 e. The van der Waals surface area contributed by atoms with Crippen LogP contribution in [0.1, 0.15) is 29.1 Å². The number of carbonyl (C=O) groups is 1. The largest absolute Gasteiger partial charge is 0.383 e. The molecule has 5 nitrogen and oxygen atoms in total. The van der Waals surface area contributed by atoms with Gasteiger partial charge < -0.3 is 10.6 Å². The smallest absolute Gasteiger partial charge is 0.259 e. The Morgan fingerprint density at radius 1 is 1.61 bits per heavy atom. The zero-order chi connectivity index (χ0) is 13.1. The standard InChI is InChI=1S/C12H16N4OS/c1-8(2)16(7-9-4-3-5-18-9)12(17)10-6-14-15-11(10)13/h3-6,8H,7H2,1-2H3,(H3,13,14,15). The monoisotopic (exact) mass is 264 g/mol. The molecular formula is C12H16N4OS. The van der Waals surface area contributed by atoms with Crippen molar-refractivity contribution < 1.29 is 4.79 Å². The number of H-pyrrole nitrogens is 1. The summed E-state index contributed by atoms with van der Waals surface area (Å²) in [6.45, 7) is 4.57. The molecule has 0 saturated carbocycles. The average Bonchev–Trinajstić information content (AvgIpc) is 2.95. The van der Waals surface area contributed by atoms with Crippen LogP contribution in [-0.2, 0) is 6.54 Å². The molecule has 0 bridgehead atoms. The normalized spacial score (nSPS) is 10.8. The lowest BCUT2D eigenvalue weighted by Crippen LogP contribution is -2.36. The van der Waals surface area contributed by atoms with Crippen LogP contribution in [0, 0.1) is 0 Å². The molecule has 96 valence electrons. The predicted molar refractivity (Wildman–Crippen MR) is 72.3 cm³/mol. The van der Waals surface area contributed by atoms with Gasteiger partial charge in [-0.15, -0.1) is 11.3 Å². The first-order valence-electron chi connectivity index (χ1n) is 5.71. The summed E-state index contributed by atoms with van der Waals surface area (Å²) in [6, 6.07) is 4.11. The van der Waals surface area contributed by atoms with E-state index >= 15 is 0 Å². The molecule has 3 N–H and O–H groups in total. The van der Waals surface area contributed by atoms with E-state index in [2.05, 4.69) is 10.2 Å². The molecule has 1 amide bonds. The Labute approximate surface area is 110 Å². The summed E-state index contributed by atoms with van der Waals surface area (Å²) in [6.07, 6.45) is 1.47. The number of thiophene rings is 1. The molecule has 0 radical (unpaired) electrons. The molecular weight excluding hydrogens is 248 g/mol. The number of nitrogens with zero attached hydrogens (tertiary/aromatic N) is 2. The molecule has 0 aliphatic heterocycles. The molecule has 2 aromatic rings. The first-order chi connectivity index (χ1) is 8.59. The van der Waals surface area contributed by atoms with Gasteiger partial charge >= 0.3 is 0 Å². The van der Waals surface area contributed by atoms with Gasteiger partial charge in [0.2, 0.25) is 0 Å². The van der Waals surface area contributed by atoms with Crippen LogP contribution in [0.15, 0.2) is 23.7 Å². The molecule has 0 saturated heterocycles. The lowest BCUT2D eigenvalue weighted by Gasteiger charge is -2.26. The molecule has 2 rings (SSSR count). The van der Waals surface area contributed by atoms with Crippen molar-refractivity contribution in [3.05, 3.63) is 34.2 Å². The highest BCUT2D eigenvalue weighted by Gasteiger charge is 2.22. The van der Waals surface area contributed by atoms with Gasteiger partial charge in [-0.25, -0.2) is 0 Å². The van der Waals surface area contributed by atoms with Crippen molar-refractivity contribution in [3.63, 3.8) is 0 Å². The number of hydrogen-bond donors (Lipinski definition) is 2. The molecule has 18 heavy (non-hydrogen) atoms. The third-order valence-electron chi connectivity index (χ3n) is 2.69. The van der Waals surface area contributed by atoms with Crippen molar-refractivity contribution in [1.29, 1.82) is 0 Å². The molecule has 0 aromatic carbocycles. The second-order valence-electron chi connectivity index (χ2n) is 4.30. The summed E-state index contributed by atoms with van der Waals surface area (Å²) >= 11 is 1.64. The van der Waals surface area contributed by atoms with E-state index in [1.165, 1.54) is 6.20 Å². The number of aromatic nitrogens is 2.